The number of halogens is 2. The summed E-state index contributed by atoms with van der Waals surface area (Å²) < 4.78 is 27.5. The van der Waals surface area contributed by atoms with Crippen molar-refractivity contribution < 1.29 is 8.78 Å². The molecule has 3 nitrogen and oxygen atoms in total. The van der Waals surface area contributed by atoms with Crippen LogP contribution >= 0.6 is 0 Å². The van der Waals surface area contributed by atoms with Crippen LogP contribution in [0.15, 0.2) is 66.7 Å². The Morgan fingerprint density at radius 3 is 2.45 bits per heavy atom. The Balaban J connectivity index is 1.52. The Labute approximate surface area is 169 Å². The van der Waals surface area contributed by atoms with Gasteiger partial charge in [-0.1, -0.05) is 42.0 Å². The highest BCUT2D eigenvalue weighted by Crippen LogP contribution is 2.45. The topological polar surface area (TPSA) is 27.3 Å². The Hall–Kier alpha value is -2.76. The van der Waals surface area contributed by atoms with Gasteiger partial charge in [-0.15, -0.1) is 0 Å². The second-order valence-corrected chi connectivity index (χ2v) is 8.03. The zero-order valence-corrected chi connectivity index (χ0v) is 16.2. The summed E-state index contributed by atoms with van der Waals surface area (Å²) in [5.74, 6) is -0.278. The van der Waals surface area contributed by atoms with E-state index in [1.165, 1.54) is 29.3 Å². The van der Waals surface area contributed by atoms with Crippen molar-refractivity contribution in [2.24, 2.45) is 5.92 Å². The van der Waals surface area contributed by atoms with Crippen LogP contribution in [-0.2, 0) is 6.54 Å². The van der Waals surface area contributed by atoms with Crippen LogP contribution in [0, 0.1) is 24.5 Å². The molecule has 2 aliphatic heterocycles. The molecule has 3 unspecified atom stereocenters. The number of anilines is 1. The van der Waals surface area contributed by atoms with Crippen LogP contribution in [0.25, 0.3) is 0 Å². The number of hydrogen-bond acceptors (Lipinski definition) is 3. The number of aryl methyl sites for hydroxylation is 1. The van der Waals surface area contributed by atoms with Crippen molar-refractivity contribution in [3.05, 3.63) is 101 Å². The number of fused-ring (bicyclic) bond motifs is 3. The standard InChI is InChI=1S/C24H23F2N3/c1-15-3-2-4-16(11-15)13-29-14-21-23(17-5-7-18(25)8-6-17)27-28-24(21)20-12-19(26)9-10-22(20)29/h2-12,21,23-24,27-28H,13-14H2,1H3. The minimum absolute atomic E-state index is 0.00418. The fraction of sp³-hybridized carbons (Fsp3) is 0.250. The molecule has 2 heterocycles. The lowest BCUT2D eigenvalue weighted by atomic mass is 9.82. The maximum Gasteiger partial charge on any atom is 0.123 e. The van der Waals surface area contributed by atoms with E-state index >= 15 is 0 Å². The Bertz CT molecular complexity index is 1030. The predicted octanol–water partition coefficient (Wildman–Crippen LogP) is 4.80. The molecule has 0 aromatic heterocycles. The Morgan fingerprint density at radius 1 is 0.897 bits per heavy atom. The summed E-state index contributed by atoms with van der Waals surface area (Å²) in [5, 5.41) is 0. The molecule has 1 fully saturated rings. The molecule has 2 N–H and O–H groups in total. The predicted molar refractivity (Wildman–Crippen MR) is 110 cm³/mol. The molecule has 5 rings (SSSR count). The summed E-state index contributed by atoms with van der Waals surface area (Å²) in [4.78, 5) is 2.33. The van der Waals surface area contributed by atoms with Crippen molar-refractivity contribution in [2.45, 2.75) is 25.6 Å². The van der Waals surface area contributed by atoms with Gasteiger partial charge in [0.1, 0.15) is 11.6 Å². The van der Waals surface area contributed by atoms with Gasteiger partial charge in [-0.25, -0.2) is 19.6 Å². The third-order valence-corrected chi connectivity index (χ3v) is 6.03. The molecule has 0 radical (unpaired) electrons. The van der Waals surface area contributed by atoms with Crippen molar-refractivity contribution in [3.8, 4) is 0 Å². The van der Waals surface area contributed by atoms with Crippen molar-refractivity contribution in [1.29, 1.82) is 0 Å². The molecule has 2 aliphatic rings. The minimum atomic E-state index is -0.242. The van der Waals surface area contributed by atoms with E-state index in [2.05, 4.69) is 46.9 Å². The molecule has 3 aromatic rings. The monoisotopic (exact) mass is 391 g/mol. The average molecular weight is 391 g/mol. The first-order valence-electron chi connectivity index (χ1n) is 9.95. The number of hydrogen-bond donors (Lipinski definition) is 2. The molecule has 1 saturated heterocycles. The number of nitrogens with zero attached hydrogens (tertiary/aromatic N) is 1. The maximum atomic E-state index is 14.1. The SMILES string of the molecule is Cc1cccc(CN2CC3C(c4ccc(F)cc4)NNC3c3cc(F)ccc32)c1. The molecule has 3 atom stereocenters. The Kier molecular flexibility index (Phi) is 4.57. The molecule has 148 valence electrons. The van der Waals surface area contributed by atoms with Crippen LogP contribution in [0.3, 0.4) is 0 Å². The van der Waals surface area contributed by atoms with E-state index in [0.717, 1.165) is 29.9 Å². The van der Waals surface area contributed by atoms with Crippen molar-refractivity contribution in [3.63, 3.8) is 0 Å². The summed E-state index contributed by atoms with van der Waals surface area (Å²) in [6, 6.07) is 20.2. The normalized spacial score (nSPS) is 23.0. The molecule has 0 spiro atoms. The highest BCUT2D eigenvalue weighted by molar-refractivity contribution is 5.59. The van der Waals surface area contributed by atoms with E-state index < -0.39 is 0 Å². The van der Waals surface area contributed by atoms with Gasteiger partial charge in [-0.3, -0.25) is 0 Å². The fourth-order valence-corrected chi connectivity index (χ4v) is 4.70. The van der Waals surface area contributed by atoms with Crippen LogP contribution in [0.4, 0.5) is 14.5 Å². The van der Waals surface area contributed by atoms with Gasteiger partial charge < -0.3 is 4.90 Å². The van der Waals surface area contributed by atoms with Gasteiger partial charge in [0.05, 0.1) is 12.1 Å². The highest BCUT2D eigenvalue weighted by Gasteiger charge is 2.43. The van der Waals surface area contributed by atoms with Gasteiger partial charge in [0.15, 0.2) is 0 Å². The summed E-state index contributed by atoms with van der Waals surface area (Å²) in [7, 11) is 0. The van der Waals surface area contributed by atoms with Gasteiger partial charge in [0.25, 0.3) is 0 Å². The molecule has 3 aromatic carbocycles. The summed E-state index contributed by atoms with van der Waals surface area (Å²) in [6.07, 6.45) is 0. The molecule has 5 heteroatoms. The maximum absolute atomic E-state index is 14.1. The second kappa shape index (κ2) is 7.25. The number of hydrazine groups is 1. The zero-order chi connectivity index (χ0) is 20.0. The molecule has 0 amide bonds. The van der Waals surface area contributed by atoms with Crippen LogP contribution in [0.2, 0.25) is 0 Å². The summed E-state index contributed by atoms with van der Waals surface area (Å²) >= 11 is 0. The molecular formula is C24H23F2N3. The quantitative estimate of drug-likeness (QED) is 0.672. The fourth-order valence-electron chi connectivity index (χ4n) is 4.70. The first-order valence-corrected chi connectivity index (χ1v) is 9.95. The molecule has 0 aliphatic carbocycles. The lowest BCUT2D eigenvalue weighted by molar-refractivity contribution is 0.400. The first kappa shape index (κ1) is 18.3. The zero-order valence-electron chi connectivity index (χ0n) is 16.2. The second-order valence-electron chi connectivity index (χ2n) is 8.03. The number of rotatable bonds is 3. The number of benzene rings is 3. The van der Waals surface area contributed by atoms with E-state index in [1.54, 1.807) is 6.07 Å². The summed E-state index contributed by atoms with van der Waals surface area (Å²) in [5.41, 5.74) is 12.2. The third kappa shape index (κ3) is 3.41. The lowest BCUT2D eigenvalue weighted by Crippen LogP contribution is -2.39. The molecule has 29 heavy (non-hydrogen) atoms. The van der Waals surface area contributed by atoms with Gasteiger partial charge >= 0.3 is 0 Å². The van der Waals surface area contributed by atoms with Crippen LogP contribution in [0.5, 0.6) is 0 Å². The summed E-state index contributed by atoms with van der Waals surface area (Å²) in [6.45, 7) is 3.67. The van der Waals surface area contributed by atoms with Gasteiger partial charge in [-0.2, -0.15) is 0 Å². The third-order valence-electron chi connectivity index (χ3n) is 6.03. The minimum Gasteiger partial charge on any atom is -0.367 e. The highest BCUT2D eigenvalue weighted by atomic mass is 19.1. The van der Waals surface area contributed by atoms with Gasteiger partial charge in [-0.05, 0) is 53.9 Å². The lowest BCUT2D eigenvalue weighted by Gasteiger charge is -2.39. The first-order chi connectivity index (χ1) is 14.1. The average Bonchev–Trinajstić information content (AvgIpc) is 3.12. The number of nitrogens with one attached hydrogen (secondary N) is 2. The smallest absolute Gasteiger partial charge is 0.123 e. The van der Waals surface area contributed by atoms with Crippen LogP contribution in [-0.4, -0.2) is 6.54 Å². The van der Waals surface area contributed by atoms with E-state index in [-0.39, 0.29) is 29.6 Å². The van der Waals surface area contributed by atoms with E-state index in [4.69, 9.17) is 0 Å². The van der Waals surface area contributed by atoms with Crippen LogP contribution < -0.4 is 15.8 Å². The van der Waals surface area contributed by atoms with Gasteiger partial charge in [0.2, 0.25) is 0 Å². The van der Waals surface area contributed by atoms with Crippen molar-refractivity contribution in [2.75, 3.05) is 11.4 Å². The van der Waals surface area contributed by atoms with E-state index in [1.807, 2.05) is 18.2 Å². The molecule has 0 saturated carbocycles. The van der Waals surface area contributed by atoms with Crippen molar-refractivity contribution >= 4 is 5.69 Å². The largest absolute Gasteiger partial charge is 0.367 e. The molecule has 0 bridgehead atoms. The van der Waals surface area contributed by atoms with Crippen molar-refractivity contribution in [1.82, 2.24) is 10.9 Å². The molecular weight excluding hydrogens is 368 g/mol. The van der Waals surface area contributed by atoms with E-state index in [0.29, 0.717) is 0 Å². The van der Waals surface area contributed by atoms with E-state index in [9.17, 15) is 8.78 Å². The van der Waals surface area contributed by atoms with Crippen LogP contribution in [0.1, 0.15) is 34.3 Å². The van der Waals surface area contributed by atoms with Gasteiger partial charge in [0, 0.05) is 24.7 Å². The Morgan fingerprint density at radius 2 is 1.66 bits per heavy atom.